The maximum absolute atomic E-state index is 13.1. The Morgan fingerprint density at radius 1 is 1.11 bits per heavy atom. The number of benzene rings is 2. The molecule has 6 nitrogen and oxygen atoms in total. The molecule has 0 bridgehead atoms. The van der Waals surface area contributed by atoms with Gasteiger partial charge in [-0.15, -0.1) is 5.10 Å². The highest BCUT2D eigenvalue weighted by Crippen LogP contribution is 2.32. The summed E-state index contributed by atoms with van der Waals surface area (Å²) in [5, 5.41) is 5.86. The lowest BCUT2D eigenvalue weighted by molar-refractivity contribution is -0.117. The van der Waals surface area contributed by atoms with Gasteiger partial charge in [-0.3, -0.25) is 4.79 Å². The van der Waals surface area contributed by atoms with Gasteiger partial charge in [0.2, 0.25) is 5.91 Å². The molecular weight excluding hydrogens is 370 g/mol. The monoisotopic (exact) mass is 389 g/mol. The highest BCUT2D eigenvalue weighted by Gasteiger charge is 2.29. The summed E-state index contributed by atoms with van der Waals surface area (Å²) in [5.41, 5.74) is 3.88. The summed E-state index contributed by atoms with van der Waals surface area (Å²) in [4.78, 5) is 24.4. The van der Waals surface area contributed by atoms with Gasteiger partial charge in [-0.05, 0) is 44.0 Å². The molecule has 5 rings (SSSR count). The van der Waals surface area contributed by atoms with Crippen molar-refractivity contribution in [2.45, 2.75) is 30.7 Å². The van der Waals surface area contributed by atoms with Crippen LogP contribution < -0.4 is 4.90 Å². The highest BCUT2D eigenvalue weighted by molar-refractivity contribution is 8.00. The van der Waals surface area contributed by atoms with Crippen molar-refractivity contribution in [1.29, 1.82) is 0 Å². The first kappa shape index (κ1) is 17.2. The Labute approximate surface area is 166 Å². The van der Waals surface area contributed by atoms with Crippen molar-refractivity contribution in [3.05, 3.63) is 59.9 Å². The van der Waals surface area contributed by atoms with Gasteiger partial charge in [0.1, 0.15) is 5.82 Å². The van der Waals surface area contributed by atoms with Gasteiger partial charge in [-0.1, -0.05) is 42.1 Å². The Morgan fingerprint density at radius 3 is 2.79 bits per heavy atom. The number of rotatable bonds is 3. The summed E-state index contributed by atoms with van der Waals surface area (Å²) in [6, 6.07) is 16.0. The van der Waals surface area contributed by atoms with E-state index in [0.717, 1.165) is 35.2 Å². The summed E-state index contributed by atoms with van der Waals surface area (Å²) < 4.78 is 1.75. The third-order valence-electron chi connectivity index (χ3n) is 5.04. The average molecular weight is 389 g/mol. The Kier molecular flexibility index (Phi) is 4.05. The largest absolute Gasteiger partial charge is 0.311 e. The second kappa shape index (κ2) is 6.60. The number of aryl methyl sites for hydroxylation is 1. The summed E-state index contributed by atoms with van der Waals surface area (Å²) in [7, 11) is 0. The van der Waals surface area contributed by atoms with Crippen molar-refractivity contribution in [1.82, 2.24) is 19.6 Å². The van der Waals surface area contributed by atoms with Crippen LogP contribution in [0.3, 0.4) is 0 Å². The van der Waals surface area contributed by atoms with Crippen molar-refractivity contribution >= 4 is 39.9 Å². The number of hydrogen-bond donors (Lipinski definition) is 0. The van der Waals surface area contributed by atoms with Crippen LogP contribution >= 0.6 is 11.8 Å². The van der Waals surface area contributed by atoms with E-state index in [1.165, 1.54) is 17.3 Å². The van der Waals surface area contributed by atoms with E-state index in [1.54, 1.807) is 4.52 Å². The molecule has 0 fully saturated rings. The van der Waals surface area contributed by atoms with Crippen LogP contribution in [0, 0.1) is 6.92 Å². The number of amides is 1. The first-order valence-corrected chi connectivity index (χ1v) is 10.2. The fraction of sp³-hybridized carbons (Fsp3) is 0.238. The third kappa shape index (κ3) is 2.74. The number of carbonyl (C=O) groups is 1. The zero-order chi connectivity index (χ0) is 19.3. The summed E-state index contributed by atoms with van der Waals surface area (Å²) in [6.45, 7) is 4.53. The predicted molar refractivity (Wildman–Crippen MR) is 111 cm³/mol. The molecule has 0 N–H and O–H groups in total. The number of thioether (sulfide) groups is 1. The van der Waals surface area contributed by atoms with Gasteiger partial charge in [0, 0.05) is 17.6 Å². The number of fused-ring (bicyclic) bond motifs is 4. The normalized spacial score (nSPS) is 14.6. The molecule has 7 heteroatoms. The van der Waals surface area contributed by atoms with Gasteiger partial charge in [-0.25, -0.2) is 9.97 Å². The molecule has 0 unspecified atom stereocenters. The van der Waals surface area contributed by atoms with Crippen molar-refractivity contribution in [2.24, 2.45) is 0 Å². The van der Waals surface area contributed by atoms with E-state index in [0.29, 0.717) is 11.0 Å². The minimum atomic E-state index is -0.285. The minimum Gasteiger partial charge on any atom is -0.311 e. The quantitative estimate of drug-likeness (QED) is 0.395. The summed E-state index contributed by atoms with van der Waals surface area (Å²) in [5.74, 6) is 0.780. The van der Waals surface area contributed by atoms with E-state index >= 15 is 0 Å². The fourth-order valence-corrected chi connectivity index (χ4v) is 4.63. The second-order valence-corrected chi connectivity index (χ2v) is 8.24. The molecule has 3 heterocycles. The molecule has 0 saturated carbocycles. The van der Waals surface area contributed by atoms with Crippen molar-refractivity contribution in [3.8, 4) is 0 Å². The molecule has 140 valence electrons. The topological polar surface area (TPSA) is 63.4 Å². The fourth-order valence-electron chi connectivity index (χ4n) is 3.70. The van der Waals surface area contributed by atoms with Gasteiger partial charge in [0.15, 0.2) is 10.8 Å². The van der Waals surface area contributed by atoms with E-state index in [-0.39, 0.29) is 11.2 Å². The lowest BCUT2D eigenvalue weighted by Gasteiger charge is -2.21. The zero-order valence-corrected chi connectivity index (χ0v) is 16.5. The van der Waals surface area contributed by atoms with Crippen LogP contribution in [0.2, 0.25) is 0 Å². The maximum atomic E-state index is 13.1. The smallest absolute Gasteiger partial charge is 0.240 e. The first-order chi connectivity index (χ1) is 13.6. The number of carbonyl (C=O) groups excluding carboxylic acids is 1. The van der Waals surface area contributed by atoms with Crippen molar-refractivity contribution < 1.29 is 4.79 Å². The molecular formula is C21H19N5OS. The summed E-state index contributed by atoms with van der Waals surface area (Å²) in [6.07, 6.45) is 0.903. The lowest BCUT2D eigenvalue weighted by Crippen LogP contribution is -2.35. The van der Waals surface area contributed by atoms with Crippen LogP contribution in [-0.2, 0) is 11.2 Å². The second-order valence-electron chi connectivity index (χ2n) is 6.93. The third-order valence-corrected chi connectivity index (χ3v) is 6.07. The molecule has 1 amide bonds. The lowest BCUT2D eigenvalue weighted by atomic mass is 10.2. The maximum Gasteiger partial charge on any atom is 0.240 e. The molecule has 0 spiro atoms. The molecule has 4 aromatic rings. The Hall–Kier alpha value is -2.93. The van der Waals surface area contributed by atoms with E-state index in [4.69, 9.17) is 4.98 Å². The number of nitrogens with zero attached hydrogens (tertiary/aromatic N) is 5. The van der Waals surface area contributed by atoms with Crippen molar-refractivity contribution in [3.63, 3.8) is 0 Å². The molecule has 0 radical (unpaired) electrons. The van der Waals surface area contributed by atoms with Crippen LogP contribution in [0.15, 0.2) is 53.7 Å². The molecule has 2 aromatic carbocycles. The molecule has 0 aliphatic carbocycles. The van der Waals surface area contributed by atoms with Crippen LogP contribution in [0.5, 0.6) is 0 Å². The van der Waals surface area contributed by atoms with E-state index in [1.807, 2.05) is 61.2 Å². The van der Waals surface area contributed by atoms with Crippen LogP contribution in [0.4, 0.5) is 5.69 Å². The standard InChI is InChI=1S/C21H19N5OS/c1-13(20(27)25-12-11-15-7-3-6-10-18(15)25)28-21-23-17-9-5-4-8-16(17)19-22-14(2)24-26(19)21/h3-10,13H,11-12H2,1-2H3/t13-/m1/s1. The van der Waals surface area contributed by atoms with Gasteiger partial charge in [0.05, 0.1) is 10.8 Å². The predicted octanol–water partition coefficient (Wildman–Crippen LogP) is 3.66. The van der Waals surface area contributed by atoms with Gasteiger partial charge >= 0.3 is 0 Å². The van der Waals surface area contributed by atoms with Gasteiger partial charge in [-0.2, -0.15) is 4.52 Å². The van der Waals surface area contributed by atoms with E-state index in [9.17, 15) is 4.79 Å². The van der Waals surface area contributed by atoms with Crippen LogP contribution in [-0.4, -0.2) is 37.3 Å². The van der Waals surface area contributed by atoms with Gasteiger partial charge in [0.25, 0.3) is 0 Å². The molecule has 1 atom stereocenters. The number of anilines is 1. The van der Waals surface area contributed by atoms with Crippen LogP contribution in [0.1, 0.15) is 18.3 Å². The molecule has 2 aromatic heterocycles. The molecule has 0 saturated heterocycles. The number of para-hydroxylation sites is 2. The minimum absolute atomic E-state index is 0.0925. The Balaban J connectivity index is 1.50. The summed E-state index contributed by atoms with van der Waals surface area (Å²) >= 11 is 1.43. The Bertz CT molecular complexity index is 1220. The highest BCUT2D eigenvalue weighted by atomic mass is 32.2. The van der Waals surface area contributed by atoms with E-state index in [2.05, 4.69) is 16.1 Å². The number of hydrogen-bond acceptors (Lipinski definition) is 5. The Morgan fingerprint density at radius 2 is 1.89 bits per heavy atom. The van der Waals surface area contributed by atoms with Crippen LogP contribution in [0.25, 0.3) is 16.6 Å². The molecule has 1 aliphatic rings. The van der Waals surface area contributed by atoms with E-state index < -0.39 is 0 Å². The zero-order valence-electron chi connectivity index (χ0n) is 15.7. The molecule has 1 aliphatic heterocycles. The number of aromatic nitrogens is 4. The SMILES string of the molecule is Cc1nc2c3ccccc3nc(S[C@H](C)C(=O)N3CCc4ccccc43)n2n1. The average Bonchev–Trinajstić information content (AvgIpc) is 3.31. The first-order valence-electron chi connectivity index (χ1n) is 9.30. The van der Waals surface area contributed by atoms with Crippen molar-refractivity contribution in [2.75, 3.05) is 11.4 Å². The molecule has 28 heavy (non-hydrogen) atoms. The van der Waals surface area contributed by atoms with Gasteiger partial charge < -0.3 is 4.90 Å².